The molecule has 3 N–H and O–H groups in total. The highest BCUT2D eigenvalue weighted by atomic mass is 16.7. The summed E-state index contributed by atoms with van der Waals surface area (Å²) in [6.45, 7) is 12.6. The molecule has 0 aromatic rings. The summed E-state index contributed by atoms with van der Waals surface area (Å²) in [7, 11) is 0. The Labute approximate surface area is 139 Å². The molecule has 6 heteroatoms. The highest BCUT2D eigenvalue weighted by molar-refractivity contribution is 5.74. The lowest BCUT2D eigenvalue weighted by Crippen LogP contribution is -2.76. The molecule has 0 bridgehead atoms. The topological polar surface area (TPSA) is 85.0 Å². The molecule has 2 saturated heterocycles. The fraction of sp³-hybridized carbons (Fsp3) is 0.941. The smallest absolute Gasteiger partial charge is 0.314 e. The molecule has 0 saturated carbocycles. The van der Waals surface area contributed by atoms with Crippen molar-refractivity contribution in [2.75, 3.05) is 13.2 Å². The van der Waals surface area contributed by atoms with Crippen LogP contribution in [0.2, 0.25) is 0 Å². The van der Waals surface area contributed by atoms with Crippen LogP contribution in [0.3, 0.4) is 0 Å². The summed E-state index contributed by atoms with van der Waals surface area (Å²) in [4.78, 5) is 11.5. The Balaban J connectivity index is 2.37. The van der Waals surface area contributed by atoms with Gasteiger partial charge in [-0.05, 0) is 33.6 Å². The number of carbonyl (C=O) groups is 1. The van der Waals surface area contributed by atoms with Crippen LogP contribution in [-0.2, 0) is 14.3 Å². The Kier molecular flexibility index (Phi) is 4.61. The quantitative estimate of drug-likeness (QED) is 0.774. The first-order valence-corrected chi connectivity index (χ1v) is 8.56. The second kappa shape index (κ2) is 5.69. The minimum Gasteiger partial charge on any atom is -0.481 e. The molecule has 0 radical (unpaired) electrons. The number of nitrogens with zero attached hydrogens (tertiary/aromatic N) is 1. The van der Waals surface area contributed by atoms with E-state index >= 15 is 0 Å². The van der Waals surface area contributed by atoms with E-state index in [4.69, 9.17) is 15.3 Å². The molecule has 3 atom stereocenters. The van der Waals surface area contributed by atoms with Gasteiger partial charge in [-0.2, -0.15) is 0 Å². The van der Waals surface area contributed by atoms with Crippen molar-refractivity contribution in [3.8, 4) is 0 Å². The standard InChI is InChI=1S/C17H32N2O4/c1-7-15(5)9-17(12(3)16(6,8-2)19(15)18)22-10-14(4,11-23-17)13(20)21/h12H,7-11,18H2,1-6H3,(H,20,21). The number of hydrazine groups is 1. The molecule has 2 heterocycles. The summed E-state index contributed by atoms with van der Waals surface area (Å²) in [5.74, 6) is 4.89. The Morgan fingerprint density at radius 1 is 1.22 bits per heavy atom. The molecule has 23 heavy (non-hydrogen) atoms. The van der Waals surface area contributed by atoms with Crippen LogP contribution in [0.4, 0.5) is 0 Å². The van der Waals surface area contributed by atoms with E-state index in [0.29, 0.717) is 6.42 Å². The van der Waals surface area contributed by atoms with Crippen LogP contribution >= 0.6 is 0 Å². The van der Waals surface area contributed by atoms with Gasteiger partial charge >= 0.3 is 5.97 Å². The Hall–Kier alpha value is -0.690. The van der Waals surface area contributed by atoms with Crippen LogP contribution in [0, 0.1) is 11.3 Å². The summed E-state index contributed by atoms with van der Waals surface area (Å²) < 4.78 is 12.3. The zero-order valence-corrected chi connectivity index (χ0v) is 15.3. The van der Waals surface area contributed by atoms with Gasteiger partial charge < -0.3 is 14.6 Å². The van der Waals surface area contributed by atoms with E-state index in [9.17, 15) is 9.90 Å². The van der Waals surface area contributed by atoms with Crippen LogP contribution in [0.5, 0.6) is 0 Å². The summed E-state index contributed by atoms with van der Waals surface area (Å²) in [5.41, 5.74) is -1.52. The third kappa shape index (κ3) is 2.60. The number of carboxylic acids is 1. The van der Waals surface area contributed by atoms with E-state index < -0.39 is 17.2 Å². The fourth-order valence-electron chi connectivity index (χ4n) is 3.96. The highest BCUT2D eigenvalue weighted by Gasteiger charge is 2.62. The van der Waals surface area contributed by atoms with E-state index in [1.165, 1.54) is 0 Å². The summed E-state index contributed by atoms with van der Waals surface area (Å²) in [5, 5.41) is 11.4. The molecule has 2 rings (SSSR count). The van der Waals surface area contributed by atoms with E-state index in [1.54, 1.807) is 6.92 Å². The van der Waals surface area contributed by atoms with Crippen molar-refractivity contribution >= 4 is 5.97 Å². The minimum absolute atomic E-state index is 0.0305. The van der Waals surface area contributed by atoms with Gasteiger partial charge in [-0.3, -0.25) is 10.6 Å². The first-order chi connectivity index (χ1) is 10.5. The minimum atomic E-state index is -0.990. The average molecular weight is 328 g/mol. The number of ether oxygens (including phenoxy) is 2. The van der Waals surface area contributed by atoms with Gasteiger partial charge in [-0.15, -0.1) is 0 Å². The van der Waals surface area contributed by atoms with Gasteiger partial charge in [0.25, 0.3) is 0 Å². The first-order valence-electron chi connectivity index (χ1n) is 8.56. The summed E-state index contributed by atoms with van der Waals surface area (Å²) >= 11 is 0. The van der Waals surface area contributed by atoms with Crippen LogP contribution in [0.1, 0.15) is 60.8 Å². The number of hydrogen-bond acceptors (Lipinski definition) is 5. The van der Waals surface area contributed by atoms with Crippen LogP contribution in [-0.4, -0.2) is 46.2 Å². The van der Waals surface area contributed by atoms with Gasteiger partial charge in [0.05, 0.1) is 13.2 Å². The maximum atomic E-state index is 11.5. The maximum absolute atomic E-state index is 11.5. The molecule has 2 aliphatic rings. The van der Waals surface area contributed by atoms with Gasteiger partial charge in [0, 0.05) is 23.4 Å². The molecule has 0 aromatic carbocycles. The molecule has 3 unspecified atom stereocenters. The SMILES string of the molecule is CCC1(C)CC2(OCC(C)(C(=O)O)CO2)C(C)C(C)(CC)N1N. The molecule has 2 fully saturated rings. The van der Waals surface area contributed by atoms with Crippen LogP contribution in [0.15, 0.2) is 0 Å². The lowest BCUT2D eigenvalue weighted by Gasteiger charge is -2.63. The van der Waals surface area contributed by atoms with Gasteiger partial charge in [-0.1, -0.05) is 20.8 Å². The summed E-state index contributed by atoms with van der Waals surface area (Å²) in [6, 6.07) is 0. The molecule has 134 valence electrons. The maximum Gasteiger partial charge on any atom is 0.314 e. The Bertz CT molecular complexity index is 475. The normalized spacial score (nSPS) is 48.6. The number of piperidine rings is 1. The predicted octanol–water partition coefficient (Wildman–Crippen LogP) is 2.37. The molecular weight excluding hydrogens is 296 g/mol. The monoisotopic (exact) mass is 328 g/mol. The van der Waals surface area contributed by atoms with Gasteiger partial charge in [0.15, 0.2) is 5.79 Å². The van der Waals surface area contributed by atoms with Crippen LogP contribution < -0.4 is 5.84 Å². The van der Waals surface area contributed by atoms with E-state index in [2.05, 4.69) is 34.6 Å². The Morgan fingerprint density at radius 3 is 2.13 bits per heavy atom. The first kappa shape index (κ1) is 18.6. The predicted molar refractivity (Wildman–Crippen MR) is 87.6 cm³/mol. The molecule has 1 spiro atoms. The molecule has 2 aliphatic heterocycles. The third-order valence-corrected chi connectivity index (χ3v) is 6.62. The Morgan fingerprint density at radius 2 is 1.74 bits per heavy atom. The van der Waals surface area contributed by atoms with E-state index in [1.807, 2.05) is 5.01 Å². The highest BCUT2D eigenvalue weighted by Crippen LogP contribution is 2.52. The number of hydrogen-bond donors (Lipinski definition) is 2. The number of carboxylic acid groups (broad SMARTS) is 1. The van der Waals surface area contributed by atoms with Crippen molar-refractivity contribution in [2.45, 2.75) is 77.7 Å². The molecule has 0 amide bonds. The van der Waals surface area contributed by atoms with Gasteiger partial charge in [0.2, 0.25) is 0 Å². The molecule has 0 aromatic heterocycles. The zero-order valence-electron chi connectivity index (χ0n) is 15.3. The van der Waals surface area contributed by atoms with Crippen molar-refractivity contribution in [2.24, 2.45) is 17.2 Å². The lowest BCUT2D eigenvalue weighted by molar-refractivity contribution is -0.365. The molecular formula is C17H32N2O4. The van der Waals surface area contributed by atoms with Gasteiger partial charge in [0.1, 0.15) is 5.41 Å². The molecule has 6 nitrogen and oxygen atoms in total. The number of nitrogens with two attached hydrogens (primary N) is 1. The molecule has 0 aliphatic carbocycles. The van der Waals surface area contributed by atoms with Gasteiger partial charge in [-0.25, -0.2) is 5.01 Å². The second-order valence-corrected chi connectivity index (χ2v) is 8.08. The third-order valence-electron chi connectivity index (χ3n) is 6.62. The van der Waals surface area contributed by atoms with Crippen molar-refractivity contribution in [1.29, 1.82) is 0 Å². The second-order valence-electron chi connectivity index (χ2n) is 8.08. The average Bonchev–Trinajstić information content (AvgIpc) is 2.54. The number of aliphatic carboxylic acids is 1. The van der Waals surface area contributed by atoms with Crippen molar-refractivity contribution in [3.63, 3.8) is 0 Å². The number of rotatable bonds is 3. The van der Waals surface area contributed by atoms with Crippen molar-refractivity contribution < 1.29 is 19.4 Å². The summed E-state index contributed by atoms with van der Waals surface area (Å²) in [6.07, 6.45) is 2.38. The largest absolute Gasteiger partial charge is 0.481 e. The fourth-order valence-corrected chi connectivity index (χ4v) is 3.96. The van der Waals surface area contributed by atoms with Crippen LogP contribution in [0.25, 0.3) is 0 Å². The lowest BCUT2D eigenvalue weighted by atomic mass is 9.66. The van der Waals surface area contributed by atoms with Crippen molar-refractivity contribution in [3.05, 3.63) is 0 Å². The van der Waals surface area contributed by atoms with Crippen molar-refractivity contribution in [1.82, 2.24) is 5.01 Å². The van der Waals surface area contributed by atoms with E-state index in [-0.39, 0.29) is 30.2 Å². The van der Waals surface area contributed by atoms with E-state index in [0.717, 1.165) is 12.8 Å². The zero-order chi connectivity index (χ0) is 17.7.